The van der Waals surface area contributed by atoms with Gasteiger partial charge >= 0.3 is 0 Å². The predicted octanol–water partition coefficient (Wildman–Crippen LogP) is 2.91. The van der Waals surface area contributed by atoms with Crippen molar-refractivity contribution in [2.45, 2.75) is 46.6 Å². The average molecular weight is 183 g/mol. The lowest BCUT2D eigenvalue weighted by Gasteiger charge is -2.62. The molecule has 3 rings (SSSR count). The van der Waals surface area contributed by atoms with Crippen molar-refractivity contribution in [1.29, 1.82) is 0 Å². The van der Waals surface area contributed by atoms with Crippen molar-refractivity contribution >= 4 is 0 Å². The van der Waals surface area contributed by atoms with E-state index in [4.69, 9.17) is 0 Å². The highest BCUT2D eigenvalue weighted by molar-refractivity contribution is 5.06. The van der Waals surface area contributed by atoms with Crippen molar-refractivity contribution in [3.63, 3.8) is 0 Å². The van der Waals surface area contributed by atoms with E-state index in [0.29, 0.717) is 5.41 Å². The highest BCUT2D eigenvalue weighted by Crippen LogP contribution is 2.61. The Morgan fingerprint density at radius 3 is 2.54 bits per heavy atom. The molecule has 3 fully saturated rings. The van der Waals surface area contributed by atoms with E-state index in [2.05, 4.69) is 33.0 Å². The highest BCUT2D eigenvalue weighted by atomic mass is 14.9. The molecule has 0 amide bonds. The average Bonchev–Trinajstić information content (AvgIpc) is 2.08. The fraction of sp³-hybridized carbons (Fsp3) is 1.00. The standard InChI is InChI=1S/C12H23N.H2/c1-5-13-11-7-9-6-10(8(11)2)12(9,3)4;/h8-11,13H,5-7H2,1-4H3;1H/t8-,9+,10-,11-;/m0./s1. The zero-order valence-corrected chi connectivity index (χ0v) is 9.43. The molecule has 13 heavy (non-hydrogen) atoms. The molecular weight excluding hydrogens is 158 g/mol. The molecule has 4 atom stereocenters. The van der Waals surface area contributed by atoms with Crippen LogP contribution >= 0.6 is 0 Å². The Hall–Kier alpha value is -0.0400. The third-order valence-corrected chi connectivity index (χ3v) is 4.82. The molecule has 3 aliphatic carbocycles. The maximum atomic E-state index is 3.63. The van der Waals surface area contributed by atoms with Gasteiger partial charge in [0.05, 0.1) is 0 Å². The van der Waals surface area contributed by atoms with Gasteiger partial charge in [0.15, 0.2) is 0 Å². The van der Waals surface area contributed by atoms with Gasteiger partial charge in [-0.3, -0.25) is 0 Å². The van der Waals surface area contributed by atoms with Crippen LogP contribution in [0, 0.1) is 23.2 Å². The summed E-state index contributed by atoms with van der Waals surface area (Å²) in [6, 6.07) is 0.807. The van der Waals surface area contributed by atoms with E-state index < -0.39 is 0 Å². The van der Waals surface area contributed by atoms with Gasteiger partial charge in [-0.25, -0.2) is 0 Å². The van der Waals surface area contributed by atoms with E-state index in [-0.39, 0.29) is 1.43 Å². The molecule has 0 aromatic rings. The molecule has 3 aliphatic rings. The van der Waals surface area contributed by atoms with Gasteiger partial charge in [0.2, 0.25) is 0 Å². The van der Waals surface area contributed by atoms with Crippen molar-refractivity contribution < 1.29 is 1.43 Å². The fourth-order valence-corrected chi connectivity index (χ4v) is 3.68. The van der Waals surface area contributed by atoms with Gasteiger partial charge in [0, 0.05) is 7.47 Å². The van der Waals surface area contributed by atoms with Crippen molar-refractivity contribution in [3.8, 4) is 0 Å². The summed E-state index contributed by atoms with van der Waals surface area (Å²) in [7, 11) is 0. The molecule has 0 heterocycles. The molecule has 0 aromatic carbocycles. The van der Waals surface area contributed by atoms with Gasteiger partial charge < -0.3 is 5.32 Å². The smallest absolute Gasteiger partial charge is 0.00982 e. The Labute approximate surface area is 83.8 Å². The second-order valence-corrected chi connectivity index (χ2v) is 5.62. The summed E-state index contributed by atoms with van der Waals surface area (Å²) in [4.78, 5) is 0. The number of nitrogens with one attached hydrogen (secondary N) is 1. The fourth-order valence-electron chi connectivity index (χ4n) is 3.68. The van der Waals surface area contributed by atoms with E-state index in [9.17, 15) is 0 Å². The van der Waals surface area contributed by atoms with Crippen molar-refractivity contribution in [3.05, 3.63) is 0 Å². The molecule has 0 unspecified atom stereocenters. The molecule has 1 nitrogen and oxygen atoms in total. The van der Waals surface area contributed by atoms with Crippen LogP contribution < -0.4 is 5.32 Å². The van der Waals surface area contributed by atoms with E-state index in [1.165, 1.54) is 12.8 Å². The second kappa shape index (κ2) is 2.98. The van der Waals surface area contributed by atoms with Gasteiger partial charge in [-0.2, -0.15) is 0 Å². The third-order valence-electron chi connectivity index (χ3n) is 4.82. The van der Waals surface area contributed by atoms with E-state index in [0.717, 1.165) is 30.3 Å². The van der Waals surface area contributed by atoms with Crippen LogP contribution in [0.15, 0.2) is 0 Å². The summed E-state index contributed by atoms with van der Waals surface area (Å²) in [5.74, 6) is 2.87. The molecule has 78 valence electrons. The summed E-state index contributed by atoms with van der Waals surface area (Å²) < 4.78 is 0. The number of hydrogen-bond acceptors (Lipinski definition) is 1. The minimum absolute atomic E-state index is 0. The van der Waals surface area contributed by atoms with Gasteiger partial charge in [0.1, 0.15) is 0 Å². The molecule has 3 saturated carbocycles. The zero-order chi connectivity index (χ0) is 9.64. The Morgan fingerprint density at radius 1 is 1.38 bits per heavy atom. The van der Waals surface area contributed by atoms with Crippen LogP contribution in [-0.2, 0) is 0 Å². The van der Waals surface area contributed by atoms with E-state index >= 15 is 0 Å². The topological polar surface area (TPSA) is 12.0 Å². The maximum Gasteiger partial charge on any atom is 0.00982 e. The first-order valence-electron chi connectivity index (χ1n) is 5.80. The van der Waals surface area contributed by atoms with Gasteiger partial charge in [0.25, 0.3) is 0 Å². The Kier molecular flexibility index (Phi) is 2.18. The van der Waals surface area contributed by atoms with Gasteiger partial charge in [-0.1, -0.05) is 27.7 Å². The molecular formula is C12H25N. The van der Waals surface area contributed by atoms with Gasteiger partial charge in [-0.05, 0) is 42.6 Å². The normalized spacial score (nSPS) is 47.1. The molecule has 1 heteroatoms. The largest absolute Gasteiger partial charge is 0.314 e. The highest BCUT2D eigenvalue weighted by Gasteiger charge is 2.55. The summed E-state index contributed by atoms with van der Waals surface area (Å²) >= 11 is 0. The Bertz CT molecular complexity index is 202. The molecule has 2 bridgehead atoms. The van der Waals surface area contributed by atoms with E-state index in [1.807, 2.05) is 0 Å². The monoisotopic (exact) mass is 183 g/mol. The summed E-state index contributed by atoms with van der Waals surface area (Å²) in [6.45, 7) is 10.7. The van der Waals surface area contributed by atoms with Gasteiger partial charge in [-0.15, -0.1) is 0 Å². The lowest BCUT2D eigenvalue weighted by atomic mass is 9.45. The zero-order valence-electron chi connectivity index (χ0n) is 9.43. The van der Waals surface area contributed by atoms with Crippen LogP contribution in [0.2, 0.25) is 0 Å². The minimum atomic E-state index is 0. The maximum absolute atomic E-state index is 3.63. The first-order valence-corrected chi connectivity index (χ1v) is 5.80. The Morgan fingerprint density at radius 2 is 2.08 bits per heavy atom. The number of rotatable bonds is 2. The summed E-state index contributed by atoms with van der Waals surface area (Å²) in [5.41, 5.74) is 0.644. The van der Waals surface area contributed by atoms with Crippen LogP contribution in [0.4, 0.5) is 0 Å². The quantitative estimate of drug-likeness (QED) is 0.694. The molecule has 0 aliphatic heterocycles. The number of hydrogen-bond donors (Lipinski definition) is 1. The Balaban J connectivity index is 0.000000980. The molecule has 0 radical (unpaired) electrons. The van der Waals surface area contributed by atoms with Crippen LogP contribution in [0.3, 0.4) is 0 Å². The van der Waals surface area contributed by atoms with Crippen LogP contribution in [-0.4, -0.2) is 12.6 Å². The first-order chi connectivity index (χ1) is 6.07. The number of fused-ring (bicyclic) bond motifs is 2. The van der Waals surface area contributed by atoms with Crippen molar-refractivity contribution in [2.75, 3.05) is 6.54 Å². The predicted molar refractivity (Wildman–Crippen MR) is 58.7 cm³/mol. The minimum Gasteiger partial charge on any atom is -0.314 e. The van der Waals surface area contributed by atoms with Crippen molar-refractivity contribution in [2.24, 2.45) is 23.2 Å². The van der Waals surface area contributed by atoms with Crippen molar-refractivity contribution in [1.82, 2.24) is 5.32 Å². The lowest BCUT2D eigenvalue weighted by Crippen LogP contribution is -2.59. The second-order valence-electron chi connectivity index (χ2n) is 5.62. The molecule has 1 N–H and O–H groups in total. The molecule has 0 spiro atoms. The molecule has 0 saturated heterocycles. The molecule has 0 aromatic heterocycles. The van der Waals surface area contributed by atoms with Crippen LogP contribution in [0.1, 0.15) is 42.0 Å². The van der Waals surface area contributed by atoms with E-state index in [1.54, 1.807) is 0 Å². The lowest BCUT2D eigenvalue weighted by molar-refractivity contribution is -0.114. The third kappa shape index (κ3) is 1.24. The summed E-state index contributed by atoms with van der Waals surface area (Å²) in [5, 5.41) is 3.63. The van der Waals surface area contributed by atoms with Crippen LogP contribution in [0.25, 0.3) is 0 Å². The van der Waals surface area contributed by atoms with Crippen LogP contribution in [0.5, 0.6) is 0 Å². The first kappa shape index (κ1) is 9.51. The summed E-state index contributed by atoms with van der Waals surface area (Å²) in [6.07, 6.45) is 2.91. The SMILES string of the molecule is CCN[C@H]1C[C@H]2C[C@@H]([C@@H]1C)C2(C)C.[HH].